The number of amidine groups is 2. The number of imide groups is 1. The highest BCUT2D eigenvalue weighted by molar-refractivity contribution is 6.31. The lowest BCUT2D eigenvalue weighted by Gasteiger charge is -2.31. The summed E-state index contributed by atoms with van der Waals surface area (Å²) in [6.07, 6.45) is 0.919. The van der Waals surface area contributed by atoms with Gasteiger partial charge in [0.1, 0.15) is 18.9 Å². The molecule has 1 atom stereocenters. The third kappa shape index (κ3) is 3.73. The summed E-state index contributed by atoms with van der Waals surface area (Å²) in [5, 5.41) is 0.288. The zero-order valence-corrected chi connectivity index (χ0v) is 19.2. The molecule has 3 amide bonds. The van der Waals surface area contributed by atoms with Gasteiger partial charge in [0.05, 0.1) is 5.02 Å². The number of carbonyl (C=O) groups is 2. The van der Waals surface area contributed by atoms with E-state index in [2.05, 4.69) is 17.0 Å². The molecule has 3 heterocycles. The number of likely N-dealkylation sites (N-methyl/N-ethyl adjacent to an activating group) is 2. The SMILES string of the molecule is CN1C(=O)C2C(=NC(CN3CCc4ccccc4C3)=[N+]2Cc2c(F)cccc2Cl)N(C)C1=O. The Kier molecular flexibility index (Phi) is 5.50. The van der Waals surface area contributed by atoms with E-state index >= 15 is 0 Å². The Hall–Kier alpha value is -3.10. The standard InChI is InChI=1S/C24H24ClFN5O2/c1-28-22-21(23(32)29(2)24(28)33)31(13-17-18(25)8-5-9-19(17)26)20(27-22)14-30-11-10-15-6-3-4-7-16(15)12-30/h3-9,21H,10-14H2,1-2H3/q+1. The van der Waals surface area contributed by atoms with Crippen LogP contribution < -0.4 is 0 Å². The fourth-order valence-corrected chi connectivity index (χ4v) is 4.92. The summed E-state index contributed by atoms with van der Waals surface area (Å²) in [6, 6.07) is 11.6. The number of halogens is 2. The van der Waals surface area contributed by atoms with Crippen molar-refractivity contribution in [2.45, 2.75) is 25.6 Å². The Morgan fingerprint density at radius 1 is 1.09 bits per heavy atom. The Bertz CT molecular complexity index is 1210. The van der Waals surface area contributed by atoms with Crippen LogP contribution in [0.15, 0.2) is 47.5 Å². The van der Waals surface area contributed by atoms with Crippen LogP contribution in [0.5, 0.6) is 0 Å². The quantitative estimate of drug-likeness (QED) is 0.648. The van der Waals surface area contributed by atoms with Gasteiger partial charge in [0, 0.05) is 32.7 Å². The van der Waals surface area contributed by atoms with Gasteiger partial charge in [-0.25, -0.2) is 13.8 Å². The van der Waals surface area contributed by atoms with Gasteiger partial charge in [-0.2, -0.15) is 0 Å². The molecule has 1 saturated heterocycles. The van der Waals surface area contributed by atoms with E-state index < -0.39 is 17.9 Å². The van der Waals surface area contributed by atoms with Gasteiger partial charge in [-0.15, -0.1) is 0 Å². The van der Waals surface area contributed by atoms with E-state index in [9.17, 15) is 14.0 Å². The smallest absolute Gasteiger partial charge is 0.287 e. The van der Waals surface area contributed by atoms with Crippen molar-refractivity contribution in [1.29, 1.82) is 0 Å². The van der Waals surface area contributed by atoms with Crippen LogP contribution in [0, 0.1) is 5.82 Å². The molecule has 5 rings (SSSR count). The van der Waals surface area contributed by atoms with Crippen molar-refractivity contribution in [3.63, 3.8) is 0 Å². The maximum Gasteiger partial charge on any atom is 0.333 e. The van der Waals surface area contributed by atoms with E-state index in [0.29, 0.717) is 23.8 Å². The second-order valence-electron chi connectivity index (χ2n) is 8.59. The van der Waals surface area contributed by atoms with E-state index in [1.165, 1.54) is 29.1 Å². The van der Waals surface area contributed by atoms with Gasteiger partial charge in [-0.1, -0.05) is 41.9 Å². The van der Waals surface area contributed by atoms with Gasteiger partial charge in [0.15, 0.2) is 0 Å². The molecule has 0 aromatic heterocycles. The fraction of sp³-hybridized carbons (Fsp3) is 0.333. The first kappa shape index (κ1) is 21.7. The second kappa shape index (κ2) is 8.35. The molecule has 0 saturated carbocycles. The first-order valence-corrected chi connectivity index (χ1v) is 11.2. The number of aliphatic imine (C=N–C) groups is 1. The summed E-state index contributed by atoms with van der Waals surface area (Å²) in [6.45, 7) is 2.14. The van der Waals surface area contributed by atoms with Gasteiger partial charge in [0.25, 0.3) is 17.8 Å². The highest BCUT2D eigenvalue weighted by atomic mass is 35.5. The summed E-state index contributed by atoms with van der Waals surface area (Å²) < 4.78 is 16.4. The largest absolute Gasteiger partial charge is 0.333 e. The number of hydrogen-bond acceptors (Lipinski definition) is 4. The van der Waals surface area contributed by atoms with Crippen LogP contribution in [0.2, 0.25) is 5.02 Å². The van der Waals surface area contributed by atoms with Crippen LogP contribution in [-0.2, 0) is 24.3 Å². The molecule has 1 unspecified atom stereocenters. The minimum atomic E-state index is -0.805. The summed E-state index contributed by atoms with van der Waals surface area (Å²) in [7, 11) is 3.05. The summed E-state index contributed by atoms with van der Waals surface area (Å²) in [5.74, 6) is 0.159. The topological polar surface area (TPSA) is 59.2 Å². The molecule has 0 aliphatic carbocycles. The molecule has 2 aromatic rings. The Morgan fingerprint density at radius 2 is 1.85 bits per heavy atom. The van der Waals surface area contributed by atoms with Gasteiger partial charge in [0.2, 0.25) is 0 Å². The number of nitrogens with zero attached hydrogens (tertiary/aromatic N) is 5. The number of amides is 3. The molecule has 33 heavy (non-hydrogen) atoms. The van der Waals surface area contributed by atoms with Crippen LogP contribution in [0.1, 0.15) is 16.7 Å². The Labute approximate surface area is 196 Å². The van der Waals surface area contributed by atoms with Crippen LogP contribution >= 0.6 is 11.6 Å². The predicted octanol–water partition coefficient (Wildman–Crippen LogP) is 2.75. The molecule has 0 spiro atoms. The van der Waals surface area contributed by atoms with E-state index in [0.717, 1.165) is 24.4 Å². The van der Waals surface area contributed by atoms with Gasteiger partial charge in [-0.05, 0) is 34.7 Å². The lowest BCUT2D eigenvalue weighted by Crippen LogP contribution is -2.61. The van der Waals surface area contributed by atoms with Gasteiger partial charge >= 0.3 is 11.9 Å². The molecular weight excluding hydrogens is 445 g/mol. The average Bonchev–Trinajstić information content (AvgIpc) is 3.16. The monoisotopic (exact) mass is 468 g/mol. The third-order valence-corrected chi connectivity index (χ3v) is 6.93. The van der Waals surface area contributed by atoms with Crippen LogP contribution in [-0.4, -0.2) is 76.1 Å². The fourth-order valence-electron chi connectivity index (χ4n) is 4.70. The predicted molar refractivity (Wildman–Crippen MR) is 123 cm³/mol. The van der Waals surface area contributed by atoms with Crippen LogP contribution in [0.3, 0.4) is 0 Å². The first-order chi connectivity index (χ1) is 15.8. The minimum Gasteiger partial charge on any atom is -0.287 e. The van der Waals surface area contributed by atoms with Gasteiger partial charge in [-0.3, -0.25) is 19.5 Å². The average molecular weight is 469 g/mol. The molecule has 0 radical (unpaired) electrons. The summed E-state index contributed by atoms with van der Waals surface area (Å²) in [4.78, 5) is 35.1. The van der Waals surface area contributed by atoms with Crippen LogP contribution in [0.4, 0.5) is 9.18 Å². The molecule has 1 fully saturated rings. The van der Waals surface area contributed by atoms with Crippen molar-refractivity contribution in [2.75, 3.05) is 27.2 Å². The van der Waals surface area contributed by atoms with E-state index in [-0.39, 0.29) is 17.5 Å². The highest BCUT2D eigenvalue weighted by Gasteiger charge is 2.53. The lowest BCUT2D eigenvalue weighted by molar-refractivity contribution is -0.552. The first-order valence-electron chi connectivity index (χ1n) is 10.8. The van der Waals surface area contributed by atoms with E-state index in [4.69, 9.17) is 16.6 Å². The summed E-state index contributed by atoms with van der Waals surface area (Å²) >= 11 is 6.31. The van der Waals surface area contributed by atoms with Gasteiger partial charge < -0.3 is 0 Å². The summed E-state index contributed by atoms with van der Waals surface area (Å²) in [5.41, 5.74) is 2.90. The number of benzene rings is 2. The zero-order valence-electron chi connectivity index (χ0n) is 18.5. The van der Waals surface area contributed by atoms with Crippen molar-refractivity contribution in [1.82, 2.24) is 14.7 Å². The second-order valence-corrected chi connectivity index (χ2v) is 8.99. The number of carbonyl (C=O) groups excluding carboxylic acids is 2. The number of hydrogen-bond donors (Lipinski definition) is 0. The maximum absolute atomic E-state index is 14.7. The zero-order chi connectivity index (χ0) is 23.3. The molecule has 170 valence electrons. The molecular formula is C24H24ClFN5O2+. The van der Waals surface area contributed by atoms with Crippen molar-refractivity contribution >= 4 is 35.2 Å². The lowest BCUT2D eigenvalue weighted by atomic mass is 10.00. The molecule has 0 N–H and O–H groups in total. The van der Waals surface area contributed by atoms with Crippen molar-refractivity contribution in [3.8, 4) is 0 Å². The molecule has 0 bridgehead atoms. The molecule has 3 aliphatic rings. The molecule has 2 aromatic carbocycles. The minimum absolute atomic E-state index is 0.0740. The van der Waals surface area contributed by atoms with Crippen molar-refractivity contribution in [3.05, 3.63) is 70.0 Å². The Balaban J connectivity index is 1.53. The highest BCUT2D eigenvalue weighted by Crippen LogP contribution is 2.26. The molecule has 9 heteroatoms. The maximum atomic E-state index is 14.7. The normalized spacial score (nSPS) is 20.8. The number of rotatable bonds is 4. The number of urea groups is 1. The third-order valence-electron chi connectivity index (χ3n) is 6.58. The van der Waals surface area contributed by atoms with Crippen molar-refractivity contribution < 1.29 is 18.6 Å². The number of fused-ring (bicyclic) bond motifs is 2. The van der Waals surface area contributed by atoms with Crippen LogP contribution in [0.25, 0.3) is 0 Å². The molecule has 7 nitrogen and oxygen atoms in total. The Morgan fingerprint density at radius 3 is 2.61 bits per heavy atom. The molecule has 3 aliphatic heterocycles. The van der Waals surface area contributed by atoms with Crippen molar-refractivity contribution in [2.24, 2.45) is 4.99 Å². The van der Waals surface area contributed by atoms with E-state index in [1.807, 2.05) is 12.1 Å². The van der Waals surface area contributed by atoms with E-state index in [1.54, 1.807) is 23.8 Å².